The van der Waals surface area contributed by atoms with Crippen LogP contribution >= 0.6 is 0 Å². The van der Waals surface area contributed by atoms with Crippen molar-refractivity contribution in [3.63, 3.8) is 0 Å². The number of aliphatic hydroxyl groups excluding tert-OH is 2. The van der Waals surface area contributed by atoms with E-state index in [-0.39, 0.29) is 53.9 Å². The van der Waals surface area contributed by atoms with Gasteiger partial charge in [-0.2, -0.15) is 0 Å². The van der Waals surface area contributed by atoms with E-state index in [1.807, 2.05) is 0 Å². The van der Waals surface area contributed by atoms with Crippen molar-refractivity contribution < 1.29 is 39.2 Å². The zero-order valence-electron chi connectivity index (χ0n) is 17.0. The summed E-state index contributed by atoms with van der Waals surface area (Å²) < 4.78 is 15.5. The zero-order valence-corrected chi connectivity index (χ0v) is 17.0. The lowest BCUT2D eigenvalue weighted by Crippen LogP contribution is -2.56. The van der Waals surface area contributed by atoms with E-state index in [0.29, 0.717) is 6.42 Å². The lowest BCUT2D eigenvalue weighted by molar-refractivity contribution is -0.143. The van der Waals surface area contributed by atoms with Crippen molar-refractivity contribution in [3.05, 3.63) is 51.2 Å². The lowest BCUT2D eigenvalue weighted by Gasteiger charge is -2.45. The minimum absolute atomic E-state index is 0.00905. The van der Waals surface area contributed by atoms with Crippen molar-refractivity contribution in [2.45, 2.75) is 43.7 Å². The van der Waals surface area contributed by atoms with E-state index in [2.05, 4.69) is 5.32 Å². The Morgan fingerprint density at radius 2 is 1.94 bits per heavy atom. The first kappa shape index (κ1) is 20.8. The van der Waals surface area contributed by atoms with Gasteiger partial charge in [0.05, 0.1) is 11.1 Å². The minimum Gasteiger partial charge on any atom is -0.511 e. The first-order chi connectivity index (χ1) is 15.2. The van der Waals surface area contributed by atoms with Crippen molar-refractivity contribution in [1.29, 1.82) is 0 Å². The Balaban J connectivity index is 1.65. The van der Waals surface area contributed by atoms with Crippen molar-refractivity contribution in [1.82, 2.24) is 5.32 Å². The van der Waals surface area contributed by atoms with Gasteiger partial charge in [0.25, 0.3) is 0 Å². The van der Waals surface area contributed by atoms with Gasteiger partial charge in [0, 0.05) is 35.1 Å². The molecule has 1 aliphatic heterocycles. The first-order valence-corrected chi connectivity index (χ1v) is 10.6. The van der Waals surface area contributed by atoms with Gasteiger partial charge in [0.2, 0.25) is 5.78 Å². The fourth-order valence-corrected chi connectivity index (χ4v) is 5.78. The second kappa shape index (κ2) is 6.98. The number of allylic oxidation sites excluding steroid dienone is 2. The smallest absolute Gasteiger partial charge is 0.209 e. The minimum atomic E-state index is -2.54. The van der Waals surface area contributed by atoms with Gasteiger partial charge < -0.3 is 25.7 Å². The number of fused-ring (bicyclic) bond motifs is 3. The van der Waals surface area contributed by atoms with Crippen LogP contribution in [-0.4, -0.2) is 50.4 Å². The molecule has 32 heavy (non-hydrogen) atoms. The summed E-state index contributed by atoms with van der Waals surface area (Å²) in [5.74, 6) is -6.15. The van der Waals surface area contributed by atoms with E-state index in [9.17, 15) is 34.8 Å². The van der Waals surface area contributed by atoms with Crippen LogP contribution in [0.15, 0.2) is 28.7 Å². The van der Waals surface area contributed by atoms with Crippen LogP contribution in [0.25, 0.3) is 0 Å². The zero-order chi connectivity index (χ0) is 22.9. The molecule has 2 unspecified atom stereocenters. The number of rotatable bonds is 2. The van der Waals surface area contributed by atoms with Crippen LogP contribution in [0.1, 0.15) is 53.2 Å². The third kappa shape index (κ3) is 2.58. The summed E-state index contributed by atoms with van der Waals surface area (Å²) in [6.45, 7) is 0.721. The van der Waals surface area contributed by atoms with Crippen LogP contribution in [0, 0.1) is 17.7 Å². The highest BCUT2D eigenvalue weighted by atomic mass is 19.1. The van der Waals surface area contributed by atoms with Gasteiger partial charge in [-0.25, -0.2) is 4.39 Å². The molecule has 1 saturated heterocycles. The molecule has 1 heterocycles. The number of ketones is 2. The van der Waals surface area contributed by atoms with Gasteiger partial charge in [-0.1, -0.05) is 0 Å². The van der Waals surface area contributed by atoms with E-state index < -0.39 is 57.7 Å². The fraction of sp³-hybridized carbons (Fsp3) is 0.435. The molecule has 1 fully saturated rings. The van der Waals surface area contributed by atoms with E-state index in [4.69, 9.17) is 0 Å². The number of Topliss-reactive ketones (excluding diaryl/α,β-unsaturated/α-hetero) is 2. The molecule has 4 atom stereocenters. The SMILES string of the molecule is O=CC1=C(O)C[C@@H]2CC3Cc4c(F)c(C5CCCN5)cc(O)c4C(=O)C3=C(O)[C@]2(O)C1=O. The number of aldehydes is 1. The van der Waals surface area contributed by atoms with E-state index in [0.717, 1.165) is 13.0 Å². The molecule has 4 aliphatic rings. The number of aromatic hydroxyl groups is 1. The van der Waals surface area contributed by atoms with Crippen LogP contribution in [0.2, 0.25) is 0 Å². The molecule has 1 aromatic carbocycles. The van der Waals surface area contributed by atoms with E-state index in [1.54, 1.807) is 0 Å². The topological polar surface area (TPSA) is 144 Å². The van der Waals surface area contributed by atoms with Gasteiger partial charge in [0.15, 0.2) is 17.7 Å². The summed E-state index contributed by atoms with van der Waals surface area (Å²) in [7, 11) is 0. The van der Waals surface area contributed by atoms with Gasteiger partial charge in [-0.05, 0) is 44.2 Å². The predicted octanol–water partition coefficient (Wildman–Crippen LogP) is 1.86. The number of phenols is 1. The number of carbonyl (C=O) groups excluding carboxylic acids is 3. The molecule has 0 bridgehead atoms. The van der Waals surface area contributed by atoms with Crippen LogP contribution in [0.3, 0.4) is 0 Å². The van der Waals surface area contributed by atoms with Crippen molar-refractivity contribution in [2.24, 2.45) is 11.8 Å². The standard InChI is InChI=1S/C23H22FNO7/c24-19-11(14-2-1-3-25-14)7-16(28)18-12(19)5-9-4-10-6-15(27)13(8-26)21(30)23(10,32)22(31)17(9)20(18)29/h7-10,14,25,27-28,31-32H,1-6H2/t9?,10-,14?,23+/m0/s1. The molecule has 5 rings (SSSR count). The summed E-state index contributed by atoms with van der Waals surface area (Å²) in [5, 5.41) is 45.8. The number of nitrogens with one attached hydrogen (secondary N) is 1. The van der Waals surface area contributed by atoms with E-state index in [1.165, 1.54) is 6.07 Å². The average Bonchev–Trinajstić information content (AvgIpc) is 3.28. The first-order valence-electron chi connectivity index (χ1n) is 10.6. The van der Waals surface area contributed by atoms with Gasteiger partial charge in [-0.15, -0.1) is 0 Å². The molecule has 9 heteroatoms. The highest BCUT2D eigenvalue weighted by Crippen LogP contribution is 2.51. The number of hydrogen-bond donors (Lipinski definition) is 5. The molecule has 1 aromatic rings. The third-order valence-corrected chi connectivity index (χ3v) is 7.37. The predicted molar refractivity (Wildman–Crippen MR) is 108 cm³/mol. The molecule has 3 aliphatic carbocycles. The molecule has 0 amide bonds. The maximum atomic E-state index is 15.5. The van der Waals surface area contributed by atoms with Crippen LogP contribution < -0.4 is 5.32 Å². The fourth-order valence-electron chi connectivity index (χ4n) is 5.78. The largest absolute Gasteiger partial charge is 0.511 e. The van der Waals surface area contributed by atoms with Gasteiger partial charge in [0.1, 0.15) is 23.1 Å². The number of aliphatic hydroxyl groups is 3. The van der Waals surface area contributed by atoms with Crippen LogP contribution in [-0.2, 0) is 16.0 Å². The van der Waals surface area contributed by atoms with Crippen molar-refractivity contribution in [2.75, 3.05) is 6.54 Å². The Morgan fingerprint density at radius 3 is 2.59 bits per heavy atom. The number of carbonyl (C=O) groups is 3. The quantitative estimate of drug-likeness (QED) is 0.344. The highest BCUT2D eigenvalue weighted by Gasteiger charge is 2.59. The molecule has 5 N–H and O–H groups in total. The number of phenolic OH excluding ortho intramolecular Hbond substituents is 1. The Morgan fingerprint density at radius 1 is 1.19 bits per heavy atom. The molecule has 0 radical (unpaired) electrons. The summed E-state index contributed by atoms with van der Waals surface area (Å²) in [6, 6.07) is 0.938. The van der Waals surface area contributed by atoms with Crippen molar-refractivity contribution >= 4 is 17.9 Å². The Bertz CT molecular complexity index is 1150. The lowest BCUT2D eigenvalue weighted by atomic mass is 9.60. The normalized spacial score (nSPS) is 32.0. The van der Waals surface area contributed by atoms with E-state index >= 15 is 4.39 Å². The molecular weight excluding hydrogens is 421 g/mol. The maximum absolute atomic E-state index is 15.5. The van der Waals surface area contributed by atoms with Crippen LogP contribution in [0.5, 0.6) is 5.75 Å². The summed E-state index contributed by atoms with van der Waals surface area (Å²) in [4.78, 5) is 37.3. The highest BCUT2D eigenvalue weighted by molar-refractivity contribution is 6.20. The molecule has 168 valence electrons. The second-order valence-electron chi connectivity index (χ2n) is 9.00. The third-order valence-electron chi connectivity index (χ3n) is 7.37. The Kier molecular flexibility index (Phi) is 4.55. The van der Waals surface area contributed by atoms with Gasteiger partial charge >= 0.3 is 0 Å². The Labute approximate surface area is 182 Å². The second-order valence-corrected chi connectivity index (χ2v) is 9.00. The summed E-state index contributed by atoms with van der Waals surface area (Å²) in [6.07, 6.45) is 1.40. The number of benzene rings is 1. The van der Waals surface area contributed by atoms with Crippen LogP contribution in [0.4, 0.5) is 4.39 Å². The number of halogens is 1. The Hall–Kier alpha value is -3.04. The maximum Gasteiger partial charge on any atom is 0.209 e. The molecular formula is C23H22FNO7. The molecule has 0 saturated carbocycles. The summed E-state index contributed by atoms with van der Waals surface area (Å²) >= 11 is 0. The summed E-state index contributed by atoms with van der Waals surface area (Å²) in [5.41, 5.74) is -3.43. The monoisotopic (exact) mass is 443 g/mol. The molecule has 8 nitrogen and oxygen atoms in total. The van der Waals surface area contributed by atoms with Crippen molar-refractivity contribution in [3.8, 4) is 5.75 Å². The molecule has 0 spiro atoms. The van der Waals surface area contributed by atoms with Gasteiger partial charge in [-0.3, -0.25) is 14.4 Å². The average molecular weight is 443 g/mol. The number of hydrogen-bond acceptors (Lipinski definition) is 8. The molecule has 0 aromatic heterocycles.